The number of nitrogens with one attached hydrogen (secondary N) is 2. The fourth-order valence-electron chi connectivity index (χ4n) is 6.55. The van der Waals surface area contributed by atoms with Crippen LogP contribution in [0.2, 0.25) is 0 Å². The monoisotopic (exact) mass is 639 g/mol. The van der Waals surface area contributed by atoms with E-state index in [9.17, 15) is 23.5 Å². The van der Waals surface area contributed by atoms with Crippen molar-refractivity contribution in [3.8, 4) is 5.75 Å². The van der Waals surface area contributed by atoms with Crippen LogP contribution in [0.1, 0.15) is 74.3 Å². The molecule has 1 heterocycles. The van der Waals surface area contributed by atoms with Gasteiger partial charge in [0.05, 0.1) is 32.0 Å². The number of unbranched alkanes of at least 4 members (excludes halogenated alkanes) is 1. The van der Waals surface area contributed by atoms with Crippen LogP contribution in [0.4, 0.5) is 8.78 Å². The van der Waals surface area contributed by atoms with Crippen molar-refractivity contribution in [2.75, 3.05) is 26.8 Å². The van der Waals surface area contributed by atoms with E-state index in [0.717, 1.165) is 36.5 Å². The van der Waals surface area contributed by atoms with E-state index in [1.54, 1.807) is 24.2 Å². The minimum atomic E-state index is -1.14. The van der Waals surface area contributed by atoms with E-state index in [0.29, 0.717) is 31.7 Å². The summed E-state index contributed by atoms with van der Waals surface area (Å²) in [5.41, 5.74) is 2.27. The van der Waals surface area contributed by atoms with E-state index in [-0.39, 0.29) is 48.9 Å². The molecule has 2 amide bonds. The van der Waals surface area contributed by atoms with Crippen molar-refractivity contribution < 1.29 is 33.0 Å². The zero-order chi connectivity index (χ0) is 33.2. The quantitative estimate of drug-likeness (QED) is 0.191. The first kappa shape index (κ1) is 35.3. The molecule has 2 aromatic carbocycles. The van der Waals surface area contributed by atoms with E-state index >= 15 is 0 Å². The van der Waals surface area contributed by atoms with E-state index in [1.165, 1.54) is 12.1 Å². The minimum Gasteiger partial charge on any atom is -0.497 e. The first-order valence-corrected chi connectivity index (χ1v) is 16.2. The summed E-state index contributed by atoms with van der Waals surface area (Å²) >= 11 is 0. The maximum absolute atomic E-state index is 14.1. The molecule has 1 aliphatic carbocycles. The molecule has 1 aliphatic heterocycles. The Morgan fingerprint density at radius 2 is 1.91 bits per heavy atom. The second-order valence-electron chi connectivity index (χ2n) is 12.2. The van der Waals surface area contributed by atoms with Gasteiger partial charge in [0.25, 0.3) is 0 Å². The first-order chi connectivity index (χ1) is 22.2. The third-order valence-corrected chi connectivity index (χ3v) is 8.95. The van der Waals surface area contributed by atoms with Gasteiger partial charge in [-0.05, 0) is 73.1 Å². The Balaban J connectivity index is 1.52. The molecule has 1 fully saturated rings. The van der Waals surface area contributed by atoms with Crippen molar-refractivity contribution in [1.29, 1.82) is 0 Å². The van der Waals surface area contributed by atoms with Crippen molar-refractivity contribution in [3.63, 3.8) is 0 Å². The number of hydrogen-bond acceptors (Lipinski definition) is 6. The molecule has 0 radical (unpaired) electrons. The largest absolute Gasteiger partial charge is 0.497 e. The van der Waals surface area contributed by atoms with Crippen LogP contribution in [-0.2, 0) is 20.7 Å². The summed E-state index contributed by atoms with van der Waals surface area (Å²) in [6.45, 7) is 10.5. The molecule has 1 saturated heterocycles. The fourth-order valence-corrected chi connectivity index (χ4v) is 6.55. The topological polar surface area (TPSA) is 100 Å². The molecule has 2 aliphatic rings. The highest BCUT2D eigenvalue weighted by atomic mass is 19.1. The predicted octanol–water partition coefficient (Wildman–Crippen LogP) is 5.32. The lowest BCUT2D eigenvalue weighted by Crippen LogP contribution is -2.55. The molecule has 4 rings (SSSR count). The van der Waals surface area contributed by atoms with Gasteiger partial charge in [-0.1, -0.05) is 38.0 Å². The smallest absolute Gasteiger partial charge is 0.243 e. The van der Waals surface area contributed by atoms with Crippen LogP contribution >= 0.6 is 0 Å². The maximum Gasteiger partial charge on any atom is 0.243 e. The Morgan fingerprint density at radius 1 is 1.15 bits per heavy atom. The standard InChI is InChI=1S/C36H47F2N3O5/c1-5-8-10-24-13-14-41(36(24)44)32(9-6-2)35(43)40-31(18-23-16-25(37)19-26(38)17-23)33(42)22-39-30-21-34(46-15-7-3)28-12-11-27(45-4)20-29(28)30/h6-7,11-12,16-17,19-20,24,30-34,39,42H,2-3,5,8-10,13-15,18,21-22H2,1,4H3,(H,40,43)/t24?,30-,31-,32?,33+,34+/m0/s1. The number of likely N-dealkylation sites (tertiary alicyclic amines) is 1. The van der Waals surface area contributed by atoms with Gasteiger partial charge in [0.2, 0.25) is 11.8 Å². The van der Waals surface area contributed by atoms with E-state index in [2.05, 4.69) is 30.7 Å². The van der Waals surface area contributed by atoms with Crippen LogP contribution in [0.15, 0.2) is 61.7 Å². The normalized spacial score (nSPS) is 21.0. The average Bonchev–Trinajstić information content (AvgIpc) is 3.57. The molecular formula is C36H47F2N3O5. The van der Waals surface area contributed by atoms with Gasteiger partial charge in [-0.3, -0.25) is 9.59 Å². The number of fused-ring (bicyclic) bond motifs is 1. The predicted molar refractivity (Wildman–Crippen MR) is 173 cm³/mol. The Kier molecular flexibility index (Phi) is 12.9. The molecule has 8 nitrogen and oxygen atoms in total. The third-order valence-electron chi connectivity index (χ3n) is 8.95. The molecule has 0 bridgehead atoms. The van der Waals surface area contributed by atoms with E-state index in [4.69, 9.17) is 9.47 Å². The van der Waals surface area contributed by atoms with Gasteiger partial charge in [0.15, 0.2) is 0 Å². The number of carbonyl (C=O) groups is 2. The van der Waals surface area contributed by atoms with Crippen LogP contribution in [0.3, 0.4) is 0 Å². The number of rotatable bonds is 18. The van der Waals surface area contributed by atoms with Crippen molar-refractivity contribution >= 4 is 11.8 Å². The summed E-state index contributed by atoms with van der Waals surface area (Å²) in [4.78, 5) is 28.6. The van der Waals surface area contributed by atoms with Gasteiger partial charge in [0, 0.05) is 31.1 Å². The summed E-state index contributed by atoms with van der Waals surface area (Å²) in [6.07, 6.45) is 6.16. The number of aliphatic hydroxyl groups excluding tert-OH is 1. The highest BCUT2D eigenvalue weighted by Crippen LogP contribution is 2.42. The van der Waals surface area contributed by atoms with Crippen molar-refractivity contribution in [2.24, 2.45) is 5.92 Å². The van der Waals surface area contributed by atoms with Crippen LogP contribution in [0.5, 0.6) is 5.75 Å². The Morgan fingerprint density at radius 3 is 2.59 bits per heavy atom. The van der Waals surface area contributed by atoms with Crippen LogP contribution in [0.25, 0.3) is 0 Å². The lowest BCUT2D eigenvalue weighted by atomic mass is 9.99. The number of nitrogens with zero attached hydrogens (tertiary/aromatic N) is 1. The van der Waals surface area contributed by atoms with Gasteiger partial charge in [-0.15, -0.1) is 13.2 Å². The molecule has 0 aromatic heterocycles. The second kappa shape index (κ2) is 16.8. The Labute approximate surface area is 270 Å². The van der Waals surface area contributed by atoms with Crippen LogP contribution in [-0.4, -0.2) is 66.8 Å². The molecule has 0 spiro atoms. The second-order valence-corrected chi connectivity index (χ2v) is 12.2. The third kappa shape index (κ3) is 8.80. The zero-order valence-electron chi connectivity index (χ0n) is 26.9. The van der Waals surface area contributed by atoms with E-state index < -0.39 is 35.7 Å². The highest BCUT2D eigenvalue weighted by Gasteiger charge is 2.39. The molecule has 6 atom stereocenters. The van der Waals surface area contributed by atoms with Crippen molar-refractivity contribution in [1.82, 2.24) is 15.5 Å². The molecule has 0 saturated carbocycles. The molecule has 10 heteroatoms. The van der Waals surface area contributed by atoms with Gasteiger partial charge >= 0.3 is 0 Å². The van der Waals surface area contributed by atoms with Crippen molar-refractivity contribution in [3.05, 3.63) is 90.0 Å². The summed E-state index contributed by atoms with van der Waals surface area (Å²) in [7, 11) is 1.60. The number of aliphatic hydroxyl groups is 1. The van der Waals surface area contributed by atoms with Gasteiger partial charge in [-0.2, -0.15) is 0 Å². The van der Waals surface area contributed by atoms with Crippen molar-refractivity contribution in [2.45, 2.75) is 82.2 Å². The maximum atomic E-state index is 14.1. The molecule has 2 aromatic rings. The molecule has 46 heavy (non-hydrogen) atoms. The lowest BCUT2D eigenvalue weighted by molar-refractivity contribution is -0.140. The van der Waals surface area contributed by atoms with Gasteiger partial charge < -0.3 is 30.1 Å². The summed E-state index contributed by atoms with van der Waals surface area (Å²) in [5, 5.41) is 17.8. The number of benzene rings is 2. The molecule has 3 N–H and O–H groups in total. The van der Waals surface area contributed by atoms with Gasteiger partial charge in [0.1, 0.15) is 23.4 Å². The molecular weight excluding hydrogens is 592 g/mol. The first-order valence-electron chi connectivity index (χ1n) is 16.2. The summed E-state index contributed by atoms with van der Waals surface area (Å²) in [6, 6.07) is 7.02. The lowest BCUT2D eigenvalue weighted by Gasteiger charge is -2.31. The fraction of sp³-hybridized carbons (Fsp3) is 0.500. The number of amides is 2. The zero-order valence-corrected chi connectivity index (χ0v) is 26.9. The minimum absolute atomic E-state index is 0.0305. The average molecular weight is 640 g/mol. The van der Waals surface area contributed by atoms with Crippen LogP contribution < -0.4 is 15.4 Å². The summed E-state index contributed by atoms with van der Waals surface area (Å²) < 4.78 is 39.7. The Bertz CT molecular complexity index is 1350. The van der Waals surface area contributed by atoms with Crippen LogP contribution in [0, 0.1) is 17.6 Å². The number of hydrogen-bond donors (Lipinski definition) is 3. The Hall–Kier alpha value is -3.60. The number of carbonyl (C=O) groups excluding carboxylic acids is 2. The molecule has 2 unspecified atom stereocenters. The SMILES string of the molecule is C=CCO[C@@H]1C[C@H](NC[C@@H](O)[C@H](Cc2cc(F)cc(F)c2)NC(=O)C(CC=C)N2CCC(CCCC)C2=O)c2cc(OC)ccc21. The molecule has 250 valence electrons. The number of halogens is 2. The summed E-state index contributed by atoms with van der Waals surface area (Å²) in [5.74, 6) is -1.42. The van der Waals surface area contributed by atoms with Gasteiger partial charge in [-0.25, -0.2) is 8.78 Å². The highest BCUT2D eigenvalue weighted by molar-refractivity contribution is 5.90. The number of methoxy groups -OCH3 is 1. The number of ether oxygens (including phenoxy) is 2. The van der Waals surface area contributed by atoms with E-state index in [1.807, 2.05) is 18.2 Å².